The van der Waals surface area contributed by atoms with E-state index in [1.807, 2.05) is 49.1 Å². The van der Waals surface area contributed by atoms with Gasteiger partial charge in [0.05, 0.1) is 34.2 Å². The van der Waals surface area contributed by atoms with Crippen molar-refractivity contribution in [3.8, 4) is 0 Å². The predicted octanol–water partition coefficient (Wildman–Crippen LogP) is 7.12. The second-order valence-electron chi connectivity index (χ2n) is 15.3. The molecule has 0 N–H and O–H groups in total. The van der Waals surface area contributed by atoms with Crippen LogP contribution in [0.2, 0.25) is 0 Å². The van der Waals surface area contributed by atoms with Crippen LogP contribution in [0.4, 0.5) is 0 Å². The molecule has 11 rings (SSSR count). The van der Waals surface area contributed by atoms with E-state index in [-0.39, 0.29) is 0 Å². The molecule has 52 heavy (non-hydrogen) atoms. The highest BCUT2D eigenvalue weighted by molar-refractivity contribution is 5.56. The molecule has 0 spiro atoms. The average molecular weight is 691 g/mol. The third-order valence-corrected chi connectivity index (χ3v) is 11.4. The van der Waals surface area contributed by atoms with Gasteiger partial charge in [-0.15, -0.1) is 0 Å². The van der Waals surface area contributed by atoms with Gasteiger partial charge in [0.15, 0.2) is 22.9 Å². The maximum absolute atomic E-state index is 5.09. The lowest BCUT2D eigenvalue weighted by molar-refractivity contribution is 0.827. The zero-order chi connectivity index (χ0) is 35.6. The second kappa shape index (κ2) is 11.2. The number of pyridine rings is 2. The highest BCUT2D eigenvalue weighted by Gasteiger charge is 2.46. The molecule has 3 aliphatic carbocycles. The number of hydrogen-bond donors (Lipinski definition) is 0. The van der Waals surface area contributed by atoms with E-state index in [4.69, 9.17) is 30.1 Å². The lowest BCUT2D eigenvalue weighted by Crippen LogP contribution is -1.97. The Labute approximate surface area is 301 Å². The number of aryl methyl sites for hydroxylation is 7. The van der Waals surface area contributed by atoms with Crippen LogP contribution in [0.25, 0.3) is 22.6 Å². The van der Waals surface area contributed by atoms with Gasteiger partial charge in [0.25, 0.3) is 0 Å². The summed E-state index contributed by atoms with van der Waals surface area (Å²) in [5.74, 6) is 4.08. The molecule has 262 valence electrons. The molecule has 3 saturated carbocycles. The largest absolute Gasteiger partial charge is 0.304 e. The van der Waals surface area contributed by atoms with E-state index in [2.05, 4.69) is 76.2 Å². The fourth-order valence-electron chi connectivity index (χ4n) is 8.03. The Balaban J connectivity index is 0.000000131. The summed E-state index contributed by atoms with van der Waals surface area (Å²) in [5.41, 5.74) is 15.3. The highest BCUT2D eigenvalue weighted by Crippen LogP contribution is 2.55. The van der Waals surface area contributed by atoms with Crippen LogP contribution in [-0.2, 0) is 0 Å². The summed E-state index contributed by atoms with van der Waals surface area (Å²) in [6.07, 6.45) is 12.7. The van der Waals surface area contributed by atoms with Crippen LogP contribution in [0, 0.1) is 48.5 Å². The Morgan fingerprint density at radius 3 is 1.75 bits per heavy atom. The second-order valence-corrected chi connectivity index (χ2v) is 15.3. The van der Waals surface area contributed by atoms with Crippen LogP contribution < -0.4 is 0 Å². The first-order valence-electron chi connectivity index (χ1n) is 18.4. The molecule has 8 aromatic rings. The van der Waals surface area contributed by atoms with Gasteiger partial charge in [-0.3, -0.25) is 9.97 Å². The minimum atomic E-state index is 0.350. The van der Waals surface area contributed by atoms with E-state index in [9.17, 15) is 0 Å². The van der Waals surface area contributed by atoms with Crippen LogP contribution in [0.15, 0.2) is 49.1 Å². The van der Waals surface area contributed by atoms with E-state index in [1.165, 1.54) is 46.7 Å². The standard InChI is InChI=1S/C21H22N6.C19H20N6/c1-11-10-22-12(2)20-24-19(25-27(11)20)17-9-16(17)18-13(3)26-8-4-5-15(14-6-7-14)21(26)23-18;1-10-5-6-24-13(4)17(21-16(24)7-10)14-8-15(14)18-22-19-12(3)20-9-11(2)25(19)23-18/h4-5,8,10,14,16-17H,6-7,9H2,1-3H3;5-7,9,14-15H,8H2,1-4H3. The third-order valence-electron chi connectivity index (χ3n) is 11.4. The summed E-state index contributed by atoms with van der Waals surface area (Å²) >= 11 is 0. The quantitative estimate of drug-likeness (QED) is 0.187. The van der Waals surface area contributed by atoms with Crippen molar-refractivity contribution >= 4 is 22.6 Å². The number of aromatic nitrogens is 12. The summed E-state index contributed by atoms with van der Waals surface area (Å²) < 4.78 is 8.28. The average Bonchev–Trinajstić information content (AvgIpc) is 4.11. The number of nitrogens with zero attached hydrogens (tertiary/aromatic N) is 12. The van der Waals surface area contributed by atoms with Gasteiger partial charge in [0.2, 0.25) is 0 Å². The molecule has 0 aromatic carbocycles. The van der Waals surface area contributed by atoms with Crippen molar-refractivity contribution in [2.75, 3.05) is 0 Å². The monoisotopic (exact) mass is 690 g/mol. The Kier molecular flexibility index (Phi) is 6.75. The predicted molar refractivity (Wildman–Crippen MR) is 197 cm³/mol. The first-order valence-corrected chi connectivity index (χ1v) is 18.4. The van der Waals surface area contributed by atoms with Crippen LogP contribution in [0.3, 0.4) is 0 Å². The third kappa shape index (κ3) is 4.94. The van der Waals surface area contributed by atoms with Gasteiger partial charge in [-0.1, -0.05) is 6.07 Å². The molecule has 4 unspecified atom stereocenters. The normalized spacial score (nSPS) is 21.0. The fourth-order valence-corrected chi connectivity index (χ4v) is 8.03. The van der Waals surface area contributed by atoms with Gasteiger partial charge in [-0.25, -0.2) is 29.0 Å². The van der Waals surface area contributed by atoms with Crippen molar-refractivity contribution < 1.29 is 0 Å². The molecule has 0 aliphatic heterocycles. The SMILES string of the molecule is Cc1ccn2c(C)c(C3CC3c3nc4c(C)ncc(C)n4n3)nc2c1.Cc1ncc(C)n2nc(C3CC3c3nc4c(C5CC5)cccn4c3C)nc12. The van der Waals surface area contributed by atoms with E-state index >= 15 is 0 Å². The van der Waals surface area contributed by atoms with Gasteiger partial charge in [-0.05, 0) is 109 Å². The summed E-state index contributed by atoms with van der Waals surface area (Å²) in [4.78, 5) is 28.3. The van der Waals surface area contributed by atoms with E-state index in [1.54, 1.807) is 0 Å². The molecule has 0 radical (unpaired) electrons. The van der Waals surface area contributed by atoms with Crippen molar-refractivity contribution in [2.24, 2.45) is 0 Å². The molecule has 8 heterocycles. The van der Waals surface area contributed by atoms with Crippen molar-refractivity contribution in [3.63, 3.8) is 0 Å². The Morgan fingerprint density at radius 2 is 1.17 bits per heavy atom. The summed E-state index contributed by atoms with van der Waals surface area (Å²) in [6.45, 7) is 14.4. The molecule has 12 heteroatoms. The van der Waals surface area contributed by atoms with Crippen LogP contribution in [-0.4, -0.2) is 57.9 Å². The van der Waals surface area contributed by atoms with Gasteiger partial charge in [0.1, 0.15) is 11.3 Å². The van der Waals surface area contributed by atoms with Crippen molar-refractivity contribution in [1.82, 2.24) is 57.9 Å². The van der Waals surface area contributed by atoms with Crippen molar-refractivity contribution in [1.29, 1.82) is 0 Å². The molecular formula is C40H42N12. The fraction of sp³-hybridized carbons (Fsp3) is 0.400. The molecule has 4 atom stereocenters. The number of imidazole rings is 2. The molecule has 8 aromatic heterocycles. The van der Waals surface area contributed by atoms with Crippen LogP contribution in [0.1, 0.15) is 124 Å². The summed E-state index contributed by atoms with van der Waals surface area (Å²) in [7, 11) is 0. The lowest BCUT2D eigenvalue weighted by atomic mass is 10.2. The lowest BCUT2D eigenvalue weighted by Gasteiger charge is -2.01. The molecule has 0 amide bonds. The van der Waals surface area contributed by atoms with E-state index < -0.39 is 0 Å². The molecule has 12 nitrogen and oxygen atoms in total. The first kappa shape index (κ1) is 31.2. The maximum atomic E-state index is 5.09. The first-order chi connectivity index (χ1) is 25.1. The molecule has 3 fully saturated rings. The Hall–Kier alpha value is -5.52. The van der Waals surface area contributed by atoms with Gasteiger partial charge in [0, 0.05) is 59.8 Å². The summed E-state index contributed by atoms with van der Waals surface area (Å²) in [6, 6.07) is 8.66. The van der Waals surface area contributed by atoms with Gasteiger partial charge >= 0.3 is 0 Å². The zero-order valence-corrected chi connectivity index (χ0v) is 30.7. The minimum Gasteiger partial charge on any atom is -0.304 e. The molecule has 0 bridgehead atoms. The minimum absolute atomic E-state index is 0.350. The van der Waals surface area contributed by atoms with Crippen LogP contribution in [0.5, 0.6) is 0 Å². The highest BCUT2D eigenvalue weighted by atomic mass is 15.3. The van der Waals surface area contributed by atoms with Gasteiger partial charge in [-0.2, -0.15) is 10.2 Å². The molecule has 3 aliphatic rings. The molecule has 0 saturated heterocycles. The van der Waals surface area contributed by atoms with E-state index in [0.717, 1.165) is 69.9 Å². The number of fused-ring (bicyclic) bond motifs is 4. The van der Waals surface area contributed by atoms with Crippen molar-refractivity contribution in [2.45, 2.75) is 104 Å². The Morgan fingerprint density at radius 1 is 0.596 bits per heavy atom. The summed E-state index contributed by atoms with van der Waals surface area (Å²) in [5, 5.41) is 9.52. The zero-order valence-electron chi connectivity index (χ0n) is 30.7. The topological polar surface area (TPSA) is 121 Å². The number of hydrogen-bond acceptors (Lipinski definition) is 8. The number of rotatable bonds is 5. The van der Waals surface area contributed by atoms with Crippen LogP contribution >= 0.6 is 0 Å². The smallest absolute Gasteiger partial charge is 0.177 e. The van der Waals surface area contributed by atoms with Gasteiger partial charge < -0.3 is 8.80 Å². The Bertz CT molecular complexity index is 2640. The maximum Gasteiger partial charge on any atom is 0.177 e. The van der Waals surface area contributed by atoms with Crippen molar-refractivity contribution in [3.05, 3.63) is 117 Å². The molecular weight excluding hydrogens is 649 g/mol. The van der Waals surface area contributed by atoms with E-state index in [0.29, 0.717) is 29.6 Å².